The smallest absolute Gasteiger partial charge is 0.306 e. The van der Waals surface area contributed by atoms with Gasteiger partial charge in [0.25, 0.3) is 0 Å². The minimum Gasteiger partial charge on any atom is -0.481 e. The molecule has 3 aromatic rings. The van der Waals surface area contributed by atoms with Gasteiger partial charge in [-0.2, -0.15) is 0 Å². The Balaban J connectivity index is 1.24. The van der Waals surface area contributed by atoms with E-state index in [0.717, 1.165) is 36.2 Å². The molecule has 4 rings (SSSR count). The van der Waals surface area contributed by atoms with Gasteiger partial charge in [-0.3, -0.25) is 4.79 Å². The van der Waals surface area contributed by atoms with Gasteiger partial charge in [0.15, 0.2) is 0 Å². The Bertz CT molecular complexity index is 1080. The van der Waals surface area contributed by atoms with Gasteiger partial charge in [0.05, 0.1) is 11.6 Å². The maximum atomic E-state index is 11.1. The minimum atomic E-state index is -0.676. The summed E-state index contributed by atoms with van der Waals surface area (Å²) in [4.78, 5) is 16.7. The number of nitrogens with zero attached hydrogens (tertiary/aromatic N) is 1. The number of rotatable bonds is 9. The van der Waals surface area contributed by atoms with Gasteiger partial charge in [0.1, 0.15) is 6.61 Å². The number of oxime groups is 1. The number of hydrogen-bond donors (Lipinski definition) is 2. The molecule has 2 atom stereocenters. The summed E-state index contributed by atoms with van der Waals surface area (Å²) in [6.07, 6.45) is 2.40. The van der Waals surface area contributed by atoms with E-state index in [2.05, 4.69) is 59.0 Å². The van der Waals surface area contributed by atoms with Crippen LogP contribution in [-0.4, -0.2) is 22.8 Å². The third-order valence-electron chi connectivity index (χ3n) is 6.24. The van der Waals surface area contributed by atoms with Crippen LogP contribution in [-0.2, 0) is 22.8 Å². The summed E-state index contributed by atoms with van der Waals surface area (Å²) in [6, 6.07) is 27.2. The Kier molecular flexibility index (Phi) is 7.53. The molecule has 3 aromatic carbocycles. The molecule has 2 N–H and O–H groups in total. The summed E-state index contributed by atoms with van der Waals surface area (Å²) < 4.78 is 0. The van der Waals surface area contributed by atoms with E-state index in [1.165, 1.54) is 16.7 Å². The summed E-state index contributed by atoms with van der Waals surface area (Å²) in [5, 5.41) is 16.9. The molecular weight excluding hydrogens is 412 g/mol. The molecule has 0 amide bonds. The van der Waals surface area contributed by atoms with Crippen LogP contribution in [0.3, 0.4) is 0 Å². The summed E-state index contributed by atoms with van der Waals surface area (Å²) in [5.74, 6) is -0.879. The van der Waals surface area contributed by atoms with Gasteiger partial charge < -0.3 is 15.3 Å². The lowest BCUT2D eigenvalue weighted by molar-refractivity contribution is -0.141. The van der Waals surface area contributed by atoms with Crippen molar-refractivity contribution >= 4 is 11.7 Å². The summed E-state index contributed by atoms with van der Waals surface area (Å²) in [5.41, 5.74) is 6.48. The normalized spacial score (nSPS) is 18.3. The third-order valence-corrected chi connectivity index (χ3v) is 6.24. The Morgan fingerprint density at radius 2 is 1.61 bits per heavy atom. The number of benzene rings is 3. The van der Waals surface area contributed by atoms with Gasteiger partial charge in [-0.1, -0.05) is 84.0 Å². The zero-order valence-electron chi connectivity index (χ0n) is 18.9. The Morgan fingerprint density at radius 1 is 0.939 bits per heavy atom. The number of carboxylic acid groups (broad SMARTS) is 1. The molecule has 1 aliphatic carbocycles. The molecule has 0 aliphatic heterocycles. The van der Waals surface area contributed by atoms with E-state index in [1.807, 2.05) is 37.3 Å². The highest BCUT2D eigenvalue weighted by atomic mass is 16.6. The van der Waals surface area contributed by atoms with Crippen molar-refractivity contribution in [3.8, 4) is 11.1 Å². The van der Waals surface area contributed by atoms with Crippen LogP contribution in [0.1, 0.15) is 42.9 Å². The molecule has 1 aliphatic rings. The molecular formula is C28H30N2O3. The van der Waals surface area contributed by atoms with Crippen LogP contribution < -0.4 is 5.32 Å². The van der Waals surface area contributed by atoms with Crippen molar-refractivity contribution in [2.75, 3.05) is 0 Å². The average molecular weight is 443 g/mol. The second kappa shape index (κ2) is 10.9. The number of carboxylic acids is 1. The molecule has 5 nitrogen and oxygen atoms in total. The number of carbonyl (C=O) groups is 1. The fourth-order valence-electron chi connectivity index (χ4n) is 4.20. The van der Waals surface area contributed by atoms with Gasteiger partial charge in [0, 0.05) is 12.6 Å². The second-order valence-electron chi connectivity index (χ2n) is 8.64. The lowest BCUT2D eigenvalue weighted by atomic mass is 10.0. The van der Waals surface area contributed by atoms with Crippen LogP contribution in [0, 0.1) is 5.92 Å². The van der Waals surface area contributed by atoms with Crippen molar-refractivity contribution in [3.63, 3.8) is 0 Å². The van der Waals surface area contributed by atoms with E-state index in [-0.39, 0.29) is 12.0 Å². The van der Waals surface area contributed by atoms with Crippen LogP contribution in [0.4, 0.5) is 0 Å². The van der Waals surface area contributed by atoms with E-state index < -0.39 is 5.97 Å². The quantitative estimate of drug-likeness (QED) is 0.332. The van der Waals surface area contributed by atoms with Crippen LogP contribution in [0.2, 0.25) is 0 Å². The highest BCUT2D eigenvalue weighted by Gasteiger charge is 2.29. The third kappa shape index (κ3) is 6.30. The van der Waals surface area contributed by atoms with Crippen molar-refractivity contribution < 1.29 is 14.7 Å². The van der Waals surface area contributed by atoms with E-state index in [4.69, 9.17) is 9.94 Å². The molecule has 0 spiro atoms. The molecule has 0 radical (unpaired) electrons. The fraction of sp³-hybridized carbons (Fsp3) is 0.286. The maximum Gasteiger partial charge on any atom is 0.306 e. The Hall–Kier alpha value is -3.44. The van der Waals surface area contributed by atoms with Gasteiger partial charge >= 0.3 is 5.97 Å². The van der Waals surface area contributed by atoms with Gasteiger partial charge in [0.2, 0.25) is 0 Å². The molecule has 0 saturated heterocycles. The van der Waals surface area contributed by atoms with E-state index in [0.29, 0.717) is 13.0 Å². The maximum absolute atomic E-state index is 11.1. The Labute approximate surface area is 195 Å². The zero-order valence-corrected chi connectivity index (χ0v) is 18.9. The summed E-state index contributed by atoms with van der Waals surface area (Å²) in [7, 11) is 0. The molecule has 2 unspecified atom stereocenters. The average Bonchev–Trinajstić information content (AvgIpc) is 3.34. The minimum absolute atomic E-state index is 0.203. The topological polar surface area (TPSA) is 70.9 Å². The van der Waals surface area contributed by atoms with Crippen molar-refractivity contribution in [2.24, 2.45) is 11.1 Å². The molecule has 33 heavy (non-hydrogen) atoms. The lowest BCUT2D eigenvalue weighted by Gasteiger charge is -2.12. The predicted octanol–water partition coefficient (Wildman–Crippen LogP) is 5.64. The number of nitrogens with one attached hydrogen (secondary N) is 1. The van der Waals surface area contributed by atoms with Gasteiger partial charge in [-0.25, -0.2) is 0 Å². The standard InChI is InChI=1S/C28H30N2O3/c1-20(30-33-19-22-9-13-25(14-10-22)24-5-3-2-4-6-24)23-11-7-21(8-12-23)18-29-27-16-15-26(17-27)28(31)32/h2-14,26-27,29H,15-19H2,1H3,(H,31,32). The molecule has 5 heteroatoms. The van der Waals surface area contributed by atoms with E-state index in [9.17, 15) is 4.79 Å². The van der Waals surface area contributed by atoms with Crippen LogP contribution >= 0.6 is 0 Å². The molecule has 1 fully saturated rings. The van der Waals surface area contributed by atoms with Crippen molar-refractivity contribution in [3.05, 3.63) is 95.6 Å². The van der Waals surface area contributed by atoms with E-state index in [1.54, 1.807) is 0 Å². The molecule has 1 saturated carbocycles. The summed E-state index contributed by atoms with van der Waals surface area (Å²) in [6.45, 7) is 3.10. The van der Waals surface area contributed by atoms with Crippen LogP contribution in [0.5, 0.6) is 0 Å². The molecule has 0 aromatic heterocycles. The first-order valence-electron chi connectivity index (χ1n) is 11.4. The number of aliphatic carboxylic acids is 1. The molecule has 0 bridgehead atoms. The molecule has 170 valence electrons. The highest BCUT2D eigenvalue weighted by molar-refractivity contribution is 5.98. The first-order valence-corrected chi connectivity index (χ1v) is 11.4. The van der Waals surface area contributed by atoms with Crippen molar-refractivity contribution in [1.29, 1.82) is 0 Å². The fourth-order valence-corrected chi connectivity index (χ4v) is 4.20. The Morgan fingerprint density at radius 3 is 2.27 bits per heavy atom. The van der Waals surface area contributed by atoms with Crippen molar-refractivity contribution in [1.82, 2.24) is 5.32 Å². The molecule has 0 heterocycles. The SMILES string of the molecule is CC(=NOCc1ccc(-c2ccccc2)cc1)c1ccc(CNC2CCC(C(=O)O)C2)cc1. The van der Waals surface area contributed by atoms with Crippen molar-refractivity contribution in [2.45, 2.75) is 45.4 Å². The predicted molar refractivity (Wildman–Crippen MR) is 131 cm³/mol. The number of hydrogen-bond acceptors (Lipinski definition) is 4. The highest BCUT2D eigenvalue weighted by Crippen LogP contribution is 2.26. The lowest BCUT2D eigenvalue weighted by Crippen LogP contribution is -2.26. The van der Waals surface area contributed by atoms with Crippen LogP contribution in [0.15, 0.2) is 84.0 Å². The van der Waals surface area contributed by atoms with Crippen LogP contribution in [0.25, 0.3) is 11.1 Å². The first kappa shape index (κ1) is 22.7. The second-order valence-corrected chi connectivity index (χ2v) is 8.64. The first-order chi connectivity index (χ1) is 16.1. The zero-order chi connectivity index (χ0) is 23.0. The van der Waals surface area contributed by atoms with E-state index >= 15 is 0 Å². The van der Waals surface area contributed by atoms with Gasteiger partial charge in [-0.15, -0.1) is 0 Å². The van der Waals surface area contributed by atoms with Gasteiger partial charge in [-0.05, 0) is 54.0 Å². The largest absolute Gasteiger partial charge is 0.481 e. The monoisotopic (exact) mass is 442 g/mol. The summed E-state index contributed by atoms with van der Waals surface area (Å²) >= 11 is 0.